The molecule has 182 valence electrons. The number of nitrogens with zero attached hydrogens (tertiary/aromatic N) is 5. The highest BCUT2D eigenvalue weighted by Crippen LogP contribution is 2.33. The zero-order valence-corrected chi connectivity index (χ0v) is 20.7. The van der Waals surface area contributed by atoms with Gasteiger partial charge in [-0.05, 0) is 65.6 Å². The van der Waals surface area contributed by atoms with Gasteiger partial charge in [-0.2, -0.15) is 0 Å². The third kappa shape index (κ3) is 5.05. The number of benzene rings is 2. The lowest BCUT2D eigenvalue weighted by molar-refractivity contribution is 0.169. The van der Waals surface area contributed by atoms with Crippen LogP contribution in [0.1, 0.15) is 73.6 Å². The molecule has 1 unspecified atom stereocenters. The van der Waals surface area contributed by atoms with Gasteiger partial charge in [0.25, 0.3) is 5.56 Å². The first-order chi connectivity index (χ1) is 17.1. The molecule has 0 saturated heterocycles. The predicted octanol–water partition coefficient (Wildman–Crippen LogP) is 5.13. The van der Waals surface area contributed by atoms with E-state index in [4.69, 9.17) is 0 Å². The second-order valence-corrected chi connectivity index (χ2v) is 9.71. The minimum atomic E-state index is -0.0262. The monoisotopic (exact) mass is 470 g/mol. The van der Waals surface area contributed by atoms with E-state index in [0.717, 1.165) is 60.1 Å². The summed E-state index contributed by atoms with van der Waals surface area (Å²) in [5.41, 5.74) is 4.02. The van der Waals surface area contributed by atoms with Gasteiger partial charge in [-0.1, -0.05) is 68.3 Å². The average molecular weight is 471 g/mol. The number of aromatic nitrogens is 5. The number of aromatic amines is 1. The fourth-order valence-corrected chi connectivity index (χ4v) is 5.46. The minimum Gasteiger partial charge on any atom is -0.321 e. The van der Waals surface area contributed by atoms with E-state index in [-0.39, 0.29) is 11.6 Å². The Balaban J connectivity index is 1.49. The highest BCUT2D eigenvalue weighted by molar-refractivity contribution is 5.81. The van der Waals surface area contributed by atoms with Crippen LogP contribution in [0.4, 0.5) is 0 Å². The molecule has 7 nitrogen and oxygen atoms in total. The van der Waals surface area contributed by atoms with E-state index >= 15 is 0 Å². The lowest BCUT2D eigenvalue weighted by Crippen LogP contribution is -2.34. The summed E-state index contributed by atoms with van der Waals surface area (Å²) in [5.74, 6) is 0.917. The summed E-state index contributed by atoms with van der Waals surface area (Å²) in [7, 11) is 0. The zero-order valence-electron chi connectivity index (χ0n) is 20.7. The molecule has 1 saturated carbocycles. The van der Waals surface area contributed by atoms with Gasteiger partial charge in [-0.15, -0.1) is 5.10 Å². The Bertz CT molecular complexity index is 1320. The van der Waals surface area contributed by atoms with Crippen molar-refractivity contribution in [2.24, 2.45) is 0 Å². The van der Waals surface area contributed by atoms with Gasteiger partial charge < -0.3 is 4.98 Å². The summed E-state index contributed by atoms with van der Waals surface area (Å²) < 4.78 is 2.06. The molecule has 5 rings (SSSR count). The number of nitrogens with one attached hydrogen (secondary N) is 1. The Morgan fingerprint density at radius 1 is 1.11 bits per heavy atom. The molecule has 2 aromatic carbocycles. The summed E-state index contributed by atoms with van der Waals surface area (Å²) in [4.78, 5) is 18.7. The molecule has 0 radical (unpaired) electrons. The average Bonchev–Trinajstić information content (AvgIpc) is 3.57. The van der Waals surface area contributed by atoms with Gasteiger partial charge in [0.2, 0.25) is 0 Å². The fraction of sp³-hybridized carbons (Fsp3) is 0.429. The standard InChI is InChI=1S/C28H34N6O/c1-3-25(27-30-31-32-34(27)24-14-7-8-15-24)33(17-16-21-11-5-4-6-12-21)19-23-18-22-13-9-10-20(2)26(22)29-28(23)35/h4-6,9-13,18,24-25H,3,7-8,14-17,19H2,1-2H3,(H,29,35). The summed E-state index contributed by atoms with van der Waals surface area (Å²) in [6.07, 6.45) is 6.47. The van der Waals surface area contributed by atoms with Crippen LogP contribution in [-0.2, 0) is 13.0 Å². The first-order valence-electron chi connectivity index (χ1n) is 12.8. The summed E-state index contributed by atoms with van der Waals surface area (Å²) in [6, 6.07) is 19.1. The van der Waals surface area contributed by atoms with Crippen molar-refractivity contribution in [2.75, 3.05) is 6.54 Å². The van der Waals surface area contributed by atoms with E-state index in [1.54, 1.807) is 0 Å². The Morgan fingerprint density at radius 2 is 1.91 bits per heavy atom. The maximum Gasteiger partial charge on any atom is 0.252 e. The van der Waals surface area contributed by atoms with E-state index in [1.165, 1.54) is 18.4 Å². The Hall–Kier alpha value is -3.32. The molecular weight excluding hydrogens is 436 g/mol. The molecule has 1 fully saturated rings. The van der Waals surface area contributed by atoms with Gasteiger partial charge in [0, 0.05) is 18.7 Å². The largest absolute Gasteiger partial charge is 0.321 e. The second-order valence-electron chi connectivity index (χ2n) is 9.71. The van der Waals surface area contributed by atoms with Crippen molar-refractivity contribution in [1.29, 1.82) is 0 Å². The van der Waals surface area contributed by atoms with Crippen LogP contribution in [-0.4, -0.2) is 36.6 Å². The third-order valence-electron chi connectivity index (χ3n) is 7.38. The van der Waals surface area contributed by atoms with Crippen molar-refractivity contribution in [3.05, 3.63) is 87.5 Å². The zero-order chi connectivity index (χ0) is 24.2. The molecular formula is C28H34N6O. The van der Waals surface area contributed by atoms with Crippen LogP contribution in [0.3, 0.4) is 0 Å². The molecule has 35 heavy (non-hydrogen) atoms. The SMILES string of the molecule is CCC(c1nnnn1C1CCCC1)N(CCc1ccccc1)Cc1cc2cccc(C)c2[nH]c1=O. The molecule has 4 aromatic rings. The first-order valence-corrected chi connectivity index (χ1v) is 12.8. The lowest BCUT2D eigenvalue weighted by Gasteiger charge is -2.31. The van der Waals surface area contributed by atoms with Crippen LogP contribution in [0, 0.1) is 6.92 Å². The molecule has 1 aliphatic carbocycles. The Morgan fingerprint density at radius 3 is 2.69 bits per heavy atom. The predicted molar refractivity (Wildman–Crippen MR) is 138 cm³/mol. The normalized spacial score (nSPS) is 15.3. The summed E-state index contributed by atoms with van der Waals surface area (Å²) in [6.45, 7) is 5.56. The van der Waals surface area contributed by atoms with Gasteiger partial charge in [-0.3, -0.25) is 9.69 Å². The molecule has 0 spiro atoms. The molecule has 0 bridgehead atoms. The minimum absolute atomic E-state index is 0.0262. The smallest absolute Gasteiger partial charge is 0.252 e. The van der Waals surface area contributed by atoms with Crippen LogP contribution >= 0.6 is 0 Å². The highest BCUT2D eigenvalue weighted by Gasteiger charge is 2.29. The number of pyridine rings is 1. The number of para-hydroxylation sites is 1. The maximum absolute atomic E-state index is 13.1. The number of hydrogen-bond donors (Lipinski definition) is 1. The van der Waals surface area contributed by atoms with Gasteiger partial charge in [-0.25, -0.2) is 4.68 Å². The number of aryl methyl sites for hydroxylation is 1. The number of H-pyrrole nitrogens is 1. The molecule has 1 N–H and O–H groups in total. The van der Waals surface area contributed by atoms with E-state index < -0.39 is 0 Å². The molecule has 1 atom stereocenters. The van der Waals surface area contributed by atoms with E-state index in [0.29, 0.717) is 12.6 Å². The molecule has 2 heterocycles. The fourth-order valence-electron chi connectivity index (χ4n) is 5.46. The molecule has 2 aromatic heterocycles. The summed E-state index contributed by atoms with van der Waals surface area (Å²) >= 11 is 0. The lowest BCUT2D eigenvalue weighted by atomic mass is 10.1. The summed E-state index contributed by atoms with van der Waals surface area (Å²) in [5, 5.41) is 14.1. The number of fused-ring (bicyclic) bond motifs is 1. The third-order valence-corrected chi connectivity index (χ3v) is 7.38. The van der Waals surface area contributed by atoms with Crippen molar-refractivity contribution in [2.45, 2.75) is 71.0 Å². The van der Waals surface area contributed by atoms with Crippen LogP contribution in [0.25, 0.3) is 10.9 Å². The molecule has 7 heteroatoms. The van der Waals surface area contributed by atoms with Crippen LogP contribution in [0.5, 0.6) is 0 Å². The van der Waals surface area contributed by atoms with Crippen LogP contribution in [0.15, 0.2) is 59.4 Å². The van der Waals surface area contributed by atoms with E-state index in [2.05, 4.69) is 67.3 Å². The number of hydrogen-bond acceptors (Lipinski definition) is 5. The van der Waals surface area contributed by atoms with Crippen molar-refractivity contribution in [1.82, 2.24) is 30.1 Å². The Labute approximate surface area is 206 Å². The highest BCUT2D eigenvalue weighted by atomic mass is 16.1. The second kappa shape index (κ2) is 10.5. The van der Waals surface area contributed by atoms with Crippen molar-refractivity contribution < 1.29 is 0 Å². The maximum atomic E-state index is 13.1. The number of tetrazole rings is 1. The van der Waals surface area contributed by atoms with Crippen molar-refractivity contribution in [3.8, 4) is 0 Å². The van der Waals surface area contributed by atoms with Crippen molar-refractivity contribution >= 4 is 10.9 Å². The molecule has 0 amide bonds. The molecule has 1 aliphatic rings. The quantitative estimate of drug-likeness (QED) is 0.367. The van der Waals surface area contributed by atoms with E-state index in [1.807, 2.05) is 31.2 Å². The first kappa shape index (κ1) is 23.4. The van der Waals surface area contributed by atoms with Crippen LogP contribution < -0.4 is 5.56 Å². The van der Waals surface area contributed by atoms with Crippen LogP contribution in [0.2, 0.25) is 0 Å². The topological polar surface area (TPSA) is 79.7 Å². The number of rotatable bonds is 9. The van der Waals surface area contributed by atoms with Gasteiger partial charge in [0.15, 0.2) is 5.82 Å². The van der Waals surface area contributed by atoms with Gasteiger partial charge >= 0.3 is 0 Å². The van der Waals surface area contributed by atoms with E-state index in [9.17, 15) is 4.79 Å². The van der Waals surface area contributed by atoms with Crippen molar-refractivity contribution in [3.63, 3.8) is 0 Å². The molecule has 0 aliphatic heterocycles. The van der Waals surface area contributed by atoms with Gasteiger partial charge in [0.05, 0.1) is 17.6 Å². The van der Waals surface area contributed by atoms with Gasteiger partial charge in [0.1, 0.15) is 0 Å². The Kier molecular flexibility index (Phi) is 7.04.